The Bertz CT molecular complexity index is 752. The maximum absolute atomic E-state index is 4.59. The SMILES string of the molecule is CC.c1cc(N2CCC(CN3CCNCC3)CC2)ccc1-c1cnc2n1CCC2. The van der Waals surface area contributed by atoms with E-state index in [-0.39, 0.29) is 0 Å². The number of hydrogen-bond acceptors (Lipinski definition) is 4. The third-order valence-corrected chi connectivity index (χ3v) is 6.59. The molecule has 5 rings (SSSR count). The van der Waals surface area contributed by atoms with Crippen LogP contribution in [0.3, 0.4) is 0 Å². The van der Waals surface area contributed by atoms with Gasteiger partial charge in [-0.25, -0.2) is 4.98 Å². The lowest BCUT2D eigenvalue weighted by molar-refractivity contribution is 0.190. The van der Waals surface area contributed by atoms with E-state index >= 15 is 0 Å². The van der Waals surface area contributed by atoms with Gasteiger partial charge in [0, 0.05) is 64.5 Å². The first kappa shape index (κ1) is 20.4. The number of rotatable bonds is 4. The molecule has 2 aromatic rings. The summed E-state index contributed by atoms with van der Waals surface area (Å²) in [4.78, 5) is 9.80. The molecule has 0 atom stereocenters. The quantitative estimate of drug-likeness (QED) is 0.857. The van der Waals surface area contributed by atoms with Gasteiger partial charge in [0.2, 0.25) is 0 Å². The van der Waals surface area contributed by atoms with Gasteiger partial charge in [0.1, 0.15) is 5.82 Å². The van der Waals surface area contributed by atoms with E-state index in [0.717, 1.165) is 32.0 Å². The zero-order valence-corrected chi connectivity index (χ0v) is 18.2. The molecule has 29 heavy (non-hydrogen) atoms. The summed E-state index contributed by atoms with van der Waals surface area (Å²) in [6.07, 6.45) is 7.05. The average molecular weight is 396 g/mol. The van der Waals surface area contributed by atoms with E-state index in [2.05, 4.69) is 48.9 Å². The number of nitrogens with one attached hydrogen (secondary N) is 1. The molecule has 3 aliphatic heterocycles. The molecule has 0 unspecified atom stereocenters. The second-order valence-corrected chi connectivity index (χ2v) is 8.34. The minimum Gasteiger partial charge on any atom is -0.372 e. The van der Waals surface area contributed by atoms with Crippen LogP contribution in [0.4, 0.5) is 5.69 Å². The molecule has 4 heterocycles. The van der Waals surface area contributed by atoms with E-state index in [4.69, 9.17) is 0 Å². The first-order chi connectivity index (χ1) is 14.4. The standard InChI is InChI=1S/C22H31N5.C2H6/c1-2-22-24-16-21(27(22)11-1)19-3-5-20(6-4-19)26-12-7-18(8-13-26)17-25-14-9-23-10-15-25;1-2/h3-6,16,18,23H,1-2,7-15,17H2;1-2H3. The van der Waals surface area contributed by atoms with Crippen molar-refractivity contribution in [1.29, 1.82) is 0 Å². The van der Waals surface area contributed by atoms with Gasteiger partial charge in [-0.3, -0.25) is 0 Å². The van der Waals surface area contributed by atoms with E-state index in [1.807, 2.05) is 20.0 Å². The van der Waals surface area contributed by atoms with E-state index in [9.17, 15) is 0 Å². The molecule has 158 valence electrons. The van der Waals surface area contributed by atoms with Crippen LogP contribution in [0.25, 0.3) is 11.3 Å². The number of anilines is 1. The molecule has 2 fully saturated rings. The molecule has 0 saturated carbocycles. The lowest BCUT2D eigenvalue weighted by Crippen LogP contribution is -2.46. The smallest absolute Gasteiger partial charge is 0.109 e. The predicted molar refractivity (Wildman–Crippen MR) is 122 cm³/mol. The first-order valence-electron chi connectivity index (χ1n) is 11.7. The summed E-state index contributed by atoms with van der Waals surface area (Å²) in [5, 5.41) is 3.45. The van der Waals surface area contributed by atoms with Crippen molar-refractivity contribution in [2.45, 2.75) is 46.1 Å². The molecule has 0 amide bonds. The van der Waals surface area contributed by atoms with E-state index in [1.165, 1.54) is 74.8 Å². The van der Waals surface area contributed by atoms with Crippen LogP contribution < -0.4 is 10.2 Å². The molecule has 0 aliphatic carbocycles. The Balaban J connectivity index is 0.000000994. The van der Waals surface area contributed by atoms with Gasteiger partial charge >= 0.3 is 0 Å². The van der Waals surface area contributed by atoms with Crippen LogP contribution in [0.15, 0.2) is 30.5 Å². The molecular formula is C24H37N5. The molecule has 1 aromatic carbocycles. The molecule has 3 aliphatic rings. The average Bonchev–Trinajstić information content (AvgIpc) is 3.41. The van der Waals surface area contributed by atoms with Crippen molar-refractivity contribution in [3.8, 4) is 11.3 Å². The van der Waals surface area contributed by atoms with Gasteiger partial charge in [0.15, 0.2) is 0 Å². The molecule has 0 radical (unpaired) electrons. The topological polar surface area (TPSA) is 36.3 Å². The van der Waals surface area contributed by atoms with Gasteiger partial charge in [0.05, 0.1) is 11.9 Å². The number of fused-ring (bicyclic) bond motifs is 1. The summed E-state index contributed by atoms with van der Waals surface area (Å²) in [5.74, 6) is 2.12. The molecule has 0 spiro atoms. The number of imidazole rings is 1. The third-order valence-electron chi connectivity index (χ3n) is 6.59. The summed E-state index contributed by atoms with van der Waals surface area (Å²) >= 11 is 0. The van der Waals surface area contributed by atoms with Gasteiger partial charge in [-0.05, 0) is 42.9 Å². The van der Waals surface area contributed by atoms with Crippen molar-refractivity contribution in [3.05, 3.63) is 36.3 Å². The van der Waals surface area contributed by atoms with Gasteiger partial charge < -0.3 is 19.7 Å². The lowest BCUT2D eigenvalue weighted by Gasteiger charge is -2.37. The van der Waals surface area contributed by atoms with Crippen molar-refractivity contribution in [1.82, 2.24) is 19.8 Å². The van der Waals surface area contributed by atoms with Crippen LogP contribution in [0, 0.1) is 5.92 Å². The van der Waals surface area contributed by atoms with Gasteiger partial charge in [-0.1, -0.05) is 26.0 Å². The first-order valence-corrected chi connectivity index (χ1v) is 11.7. The van der Waals surface area contributed by atoms with Crippen LogP contribution in [0.2, 0.25) is 0 Å². The number of piperazine rings is 1. The van der Waals surface area contributed by atoms with Crippen LogP contribution in [-0.2, 0) is 13.0 Å². The van der Waals surface area contributed by atoms with E-state index in [0.29, 0.717) is 0 Å². The Morgan fingerprint density at radius 2 is 1.69 bits per heavy atom. The van der Waals surface area contributed by atoms with E-state index < -0.39 is 0 Å². The Labute approximate surface area is 176 Å². The highest BCUT2D eigenvalue weighted by atomic mass is 15.2. The minimum atomic E-state index is 0.869. The monoisotopic (exact) mass is 395 g/mol. The van der Waals surface area contributed by atoms with Crippen molar-refractivity contribution >= 4 is 5.69 Å². The summed E-state index contributed by atoms with van der Waals surface area (Å²) in [6, 6.07) is 9.18. The lowest BCUT2D eigenvalue weighted by atomic mass is 9.95. The van der Waals surface area contributed by atoms with Gasteiger partial charge in [-0.2, -0.15) is 0 Å². The normalized spacial score (nSPS) is 20.3. The maximum Gasteiger partial charge on any atom is 0.109 e. The zero-order valence-electron chi connectivity index (χ0n) is 18.2. The molecule has 5 heteroatoms. The van der Waals surface area contributed by atoms with Crippen LogP contribution in [0.1, 0.15) is 38.9 Å². The molecule has 2 saturated heterocycles. The molecule has 1 aromatic heterocycles. The fourth-order valence-electron chi connectivity index (χ4n) is 4.96. The highest BCUT2D eigenvalue weighted by Gasteiger charge is 2.23. The molecule has 1 N–H and O–H groups in total. The molecule has 0 bridgehead atoms. The van der Waals surface area contributed by atoms with Crippen molar-refractivity contribution in [2.24, 2.45) is 5.92 Å². The highest BCUT2D eigenvalue weighted by molar-refractivity contribution is 5.63. The fraction of sp³-hybridized carbons (Fsp3) is 0.625. The number of piperidine rings is 1. The summed E-state index contributed by atoms with van der Waals surface area (Å²) < 4.78 is 2.39. The minimum absolute atomic E-state index is 0.869. The highest BCUT2D eigenvalue weighted by Crippen LogP contribution is 2.29. The Morgan fingerprint density at radius 3 is 2.41 bits per heavy atom. The summed E-state index contributed by atoms with van der Waals surface area (Å²) in [6.45, 7) is 13.6. The Kier molecular flexibility index (Phi) is 6.88. The van der Waals surface area contributed by atoms with Crippen molar-refractivity contribution < 1.29 is 0 Å². The van der Waals surface area contributed by atoms with Gasteiger partial charge in [-0.15, -0.1) is 0 Å². The van der Waals surface area contributed by atoms with Crippen LogP contribution in [-0.4, -0.2) is 60.3 Å². The number of nitrogens with zero attached hydrogens (tertiary/aromatic N) is 4. The second kappa shape index (κ2) is 9.77. The molecular weight excluding hydrogens is 358 g/mol. The summed E-state index contributed by atoms with van der Waals surface area (Å²) in [5.41, 5.74) is 3.96. The Morgan fingerprint density at radius 1 is 0.966 bits per heavy atom. The maximum atomic E-state index is 4.59. The summed E-state index contributed by atoms with van der Waals surface area (Å²) in [7, 11) is 0. The van der Waals surface area contributed by atoms with Crippen LogP contribution >= 0.6 is 0 Å². The zero-order chi connectivity index (χ0) is 20.1. The molecule has 5 nitrogen and oxygen atoms in total. The van der Waals surface area contributed by atoms with Crippen molar-refractivity contribution in [2.75, 3.05) is 50.7 Å². The number of aromatic nitrogens is 2. The number of aryl methyl sites for hydroxylation is 1. The predicted octanol–water partition coefficient (Wildman–Crippen LogP) is 3.64. The number of hydrogen-bond donors (Lipinski definition) is 1. The van der Waals surface area contributed by atoms with Crippen molar-refractivity contribution in [3.63, 3.8) is 0 Å². The van der Waals surface area contributed by atoms with Crippen LogP contribution in [0.5, 0.6) is 0 Å². The third kappa shape index (κ3) is 4.67. The van der Waals surface area contributed by atoms with E-state index in [1.54, 1.807) is 0 Å². The largest absolute Gasteiger partial charge is 0.372 e. The number of benzene rings is 1. The second-order valence-electron chi connectivity index (χ2n) is 8.34. The van der Waals surface area contributed by atoms with Gasteiger partial charge in [0.25, 0.3) is 0 Å². The Hall–Kier alpha value is -1.85. The fourth-order valence-corrected chi connectivity index (χ4v) is 4.96.